The number of thiophene rings is 1. The van der Waals surface area contributed by atoms with Crippen molar-refractivity contribution in [1.29, 1.82) is 0 Å². The molecule has 35 heavy (non-hydrogen) atoms. The number of amides is 2. The lowest BCUT2D eigenvalue weighted by atomic mass is 10.1. The summed E-state index contributed by atoms with van der Waals surface area (Å²) in [5.41, 5.74) is 5.67. The number of hydrogen-bond acceptors (Lipinski definition) is 5. The van der Waals surface area contributed by atoms with Crippen LogP contribution in [-0.2, 0) is 4.79 Å². The molecule has 1 atom stereocenters. The second-order valence-corrected chi connectivity index (χ2v) is 9.95. The molecule has 0 radical (unpaired) electrons. The van der Waals surface area contributed by atoms with E-state index in [1.54, 1.807) is 13.8 Å². The predicted octanol–water partition coefficient (Wildman–Crippen LogP) is 5.45. The minimum atomic E-state index is -0.786. The Morgan fingerprint density at radius 2 is 1.60 bits per heavy atom. The molecule has 2 aromatic heterocycles. The number of benzene rings is 2. The lowest BCUT2D eigenvalue weighted by Crippen LogP contribution is -2.32. The van der Waals surface area contributed by atoms with Gasteiger partial charge in [0.05, 0.1) is 16.6 Å². The van der Waals surface area contributed by atoms with Gasteiger partial charge in [-0.2, -0.15) is 0 Å². The molecule has 0 spiro atoms. The van der Waals surface area contributed by atoms with E-state index in [1.165, 1.54) is 22.2 Å². The van der Waals surface area contributed by atoms with Gasteiger partial charge in [0.15, 0.2) is 0 Å². The van der Waals surface area contributed by atoms with Gasteiger partial charge in [0, 0.05) is 11.4 Å². The van der Waals surface area contributed by atoms with Crippen LogP contribution in [0.25, 0.3) is 10.2 Å². The van der Waals surface area contributed by atoms with E-state index >= 15 is 0 Å². The first-order valence-corrected chi connectivity index (χ1v) is 12.2. The lowest BCUT2D eigenvalue weighted by Gasteiger charge is -2.16. The molecule has 2 aromatic carbocycles. The van der Waals surface area contributed by atoms with Crippen molar-refractivity contribution in [2.45, 2.75) is 47.6 Å². The lowest BCUT2D eigenvalue weighted by molar-refractivity contribution is -0.118. The quantitative estimate of drug-likeness (QED) is 0.391. The van der Waals surface area contributed by atoms with E-state index in [-0.39, 0.29) is 17.4 Å². The van der Waals surface area contributed by atoms with Crippen LogP contribution in [0.1, 0.15) is 50.5 Å². The van der Waals surface area contributed by atoms with Gasteiger partial charge in [-0.15, -0.1) is 11.3 Å². The summed E-state index contributed by atoms with van der Waals surface area (Å²) in [5, 5.41) is 6.21. The first-order valence-electron chi connectivity index (χ1n) is 11.3. The third-order valence-corrected chi connectivity index (χ3v) is 7.36. The smallest absolute Gasteiger partial charge is 0.266 e. The maximum atomic E-state index is 13.4. The molecular formula is C27H28N4O3S. The fraction of sp³-hybridized carbons (Fsp3) is 0.259. The monoisotopic (exact) mass is 488 g/mol. The van der Waals surface area contributed by atoms with Crippen LogP contribution >= 0.6 is 11.3 Å². The number of nitrogens with zero attached hydrogens (tertiary/aromatic N) is 2. The van der Waals surface area contributed by atoms with Gasteiger partial charge in [0.25, 0.3) is 11.5 Å². The fourth-order valence-corrected chi connectivity index (χ4v) is 5.03. The third-order valence-electron chi connectivity index (χ3n) is 6.16. The first-order chi connectivity index (χ1) is 16.6. The summed E-state index contributed by atoms with van der Waals surface area (Å²) in [7, 11) is 0. The normalized spacial score (nSPS) is 11.9. The molecule has 0 saturated heterocycles. The van der Waals surface area contributed by atoms with E-state index in [2.05, 4.69) is 15.6 Å². The topological polar surface area (TPSA) is 93.1 Å². The largest absolute Gasteiger partial charge is 0.324 e. The molecular weight excluding hydrogens is 460 g/mol. The highest BCUT2D eigenvalue weighted by molar-refractivity contribution is 7.20. The van der Waals surface area contributed by atoms with E-state index in [9.17, 15) is 14.4 Å². The number of rotatable bonds is 5. The molecule has 4 aromatic rings. The summed E-state index contributed by atoms with van der Waals surface area (Å²) in [6, 6.07) is 10.8. The average Bonchev–Trinajstić information content (AvgIpc) is 3.15. The third kappa shape index (κ3) is 4.74. The molecule has 0 aliphatic heterocycles. The van der Waals surface area contributed by atoms with E-state index < -0.39 is 6.04 Å². The average molecular weight is 489 g/mol. The Bertz CT molecular complexity index is 1530. The van der Waals surface area contributed by atoms with Gasteiger partial charge in [0.1, 0.15) is 10.9 Å². The van der Waals surface area contributed by atoms with Crippen LogP contribution in [0.15, 0.2) is 47.5 Å². The second-order valence-electron chi connectivity index (χ2n) is 8.95. The number of aromatic nitrogens is 2. The minimum Gasteiger partial charge on any atom is -0.324 e. The molecule has 0 aliphatic rings. The summed E-state index contributed by atoms with van der Waals surface area (Å²) >= 11 is 1.17. The standard InChI is InChI=1S/C27H28N4O3S/c1-14-8-10-20(17(4)11-14)29-25(33)23-18(5)22-26(35-23)28-13-31(27(22)34)19(6)24(32)30-21-12-15(2)7-9-16(21)3/h7-13,19H,1-6H3,(H,29,33)(H,30,32). The predicted molar refractivity (Wildman–Crippen MR) is 142 cm³/mol. The Kier molecular flexibility index (Phi) is 6.58. The molecule has 8 heteroatoms. The highest BCUT2D eigenvalue weighted by Crippen LogP contribution is 2.29. The SMILES string of the molecule is Cc1ccc(NC(=O)c2sc3ncn(C(C)C(=O)Nc4cc(C)ccc4C)c(=O)c3c2C)c(C)c1. The van der Waals surface area contributed by atoms with Crippen LogP contribution in [0.3, 0.4) is 0 Å². The van der Waals surface area contributed by atoms with Gasteiger partial charge >= 0.3 is 0 Å². The number of fused-ring (bicyclic) bond motifs is 1. The maximum Gasteiger partial charge on any atom is 0.266 e. The molecule has 0 aliphatic carbocycles. The summed E-state index contributed by atoms with van der Waals surface area (Å²) in [6.45, 7) is 11.2. The van der Waals surface area contributed by atoms with Gasteiger partial charge in [-0.25, -0.2) is 4.98 Å². The van der Waals surface area contributed by atoms with Gasteiger partial charge in [-0.3, -0.25) is 19.0 Å². The van der Waals surface area contributed by atoms with Crippen molar-refractivity contribution in [2.75, 3.05) is 10.6 Å². The van der Waals surface area contributed by atoms with Crippen LogP contribution in [0, 0.1) is 34.6 Å². The molecule has 180 valence electrons. The van der Waals surface area contributed by atoms with Crippen molar-refractivity contribution in [3.63, 3.8) is 0 Å². The molecule has 0 bridgehead atoms. The van der Waals surface area contributed by atoms with Crippen LogP contribution in [-0.4, -0.2) is 21.4 Å². The number of carbonyl (C=O) groups excluding carboxylic acids is 2. The highest BCUT2D eigenvalue weighted by atomic mass is 32.1. The number of anilines is 2. The number of carbonyl (C=O) groups is 2. The zero-order valence-corrected chi connectivity index (χ0v) is 21.5. The summed E-state index contributed by atoms with van der Waals surface area (Å²) in [4.78, 5) is 44.7. The zero-order valence-electron chi connectivity index (χ0n) is 20.6. The Morgan fingerprint density at radius 1 is 0.914 bits per heavy atom. The first kappa shape index (κ1) is 24.3. The van der Waals surface area contributed by atoms with E-state index in [4.69, 9.17) is 0 Å². The van der Waals surface area contributed by atoms with Crippen LogP contribution < -0.4 is 16.2 Å². The molecule has 0 saturated carbocycles. The van der Waals surface area contributed by atoms with Gasteiger partial charge in [-0.05, 0) is 75.9 Å². The highest BCUT2D eigenvalue weighted by Gasteiger charge is 2.23. The number of aryl methyl sites for hydroxylation is 5. The number of hydrogen-bond donors (Lipinski definition) is 2. The second kappa shape index (κ2) is 9.46. The summed E-state index contributed by atoms with van der Waals surface area (Å²) < 4.78 is 1.31. The van der Waals surface area contributed by atoms with Gasteiger partial charge in [-0.1, -0.05) is 29.8 Å². The molecule has 2 N–H and O–H groups in total. The summed E-state index contributed by atoms with van der Waals surface area (Å²) in [5.74, 6) is -0.605. The molecule has 1 unspecified atom stereocenters. The molecule has 7 nitrogen and oxygen atoms in total. The molecule has 2 amide bonds. The number of nitrogens with one attached hydrogen (secondary N) is 2. The Labute approximate surface area is 207 Å². The van der Waals surface area contributed by atoms with E-state index in [0.717, 1.165) is 27.9 Å². The maximum absolute atomic E-state index is 13.4. The van der Waals surface area contributed by atoms with Crippen LogP contribution in [0.4, 0.5) is 11.4 Å². The van der Waals surface area contributed by atoms with E-state index in [0.29, 0.717) is 26.3 Å². The Hall–Kier alpha value is -3.78. The molecule has 2 heterocycles. The van der Waals surface area contributed by atoms with E-state index in [1.807, 2.05) is 64.1 Å². The van der Waals surface area contributed by atoms with Crippen molar-refractivity contribution in [2.24, 2.45) is 0 Å². The fourth-order valence-electron chi connectivity index (χ4n) is 4.00. The van der Waals surface area contributed by atoms with Crippen molar-refractivity contribution < 1.29 is 9.59 Å². The van der Waals surface area contributed by atoms with Gasteiger partial charge in [0.2, 0.25) is 5.91 Å². The zero-order chi connectivity index (χ0) is 25.4. The van der Waals surface area contributed by atoms with Gasteiger partial charge < -0.3 is 10.6 Å². The minimum absolute atomic E-state index is 0.288. The van der Waals surface area contributed by atoms with Crippen molar-refractivity contribution in [1.82, 2.24) is 9.55 Å². The Morgan fingerprint density at radius 3 is 2.31 bits per heavy atom. The van der Waals surface area contributed by atoms with Crippen molar-refractivity contribution >= 4 is 44.7 Å². The Balaban J connectivity index is 1.64. The van der Waals surface area contributed by atoms with Crippen molar-refractivity contribution in [3.8, 4) is 0 Å². The van der Waals surface area contributed by atoms with Crippen LogP contribution in [0.5, 0.6) is 0 Å². The summed E-state index contributed by atoms with van der Waals surface area (Å²) in [6.07, 6.45) is 1.37. The van der Waals surface area contributed by atoms with Crippen LogP contribution in [0.2, 0.25) is 0 Å². The molecule has 0 fully saturated rings. The van der Waals surface area contributed by atoms with Crippen molar-refractivity contribution in [3.05, 3.63) is 85.8 Å². The molecule has 4 rings (SSSR count).